The molecule has 1 saturated heterocycles. The van der Waals surface area contributed by atoms with Crippen LogP contribution in [-0.4, -0.2) is 30.5 Å². The van der Waals surface area contributed by atoms with Gasteiger partial charge in [0.05, 0.1) is 0 Å². The van der Waals surface area contributed by atoms with E-state index >= 15 is 0 Å². The Labute approximate surface area is 184 Å². The van der Waals surface area contributed by atoms with Gasteiger partial charge in [0.2, 0.25) is 5.91 Å². The molecule has 1 heterocycles. The van der Waals surface area contributed by atoms with Gasteiger partial charge in [0.25, 0.3) is 0 Å². The number of primary amides is 1. The number of piperidine rings is 1. The topological polar surface area (TPSA) is 55.6 Å². The summed E-state index contributed by atoms with van der Waals surface area (Å²) < 4.78 is 6.56. The molecule has 2 aliphatic rings. The first-order valence-electron chi connectivity index (χ1n) is 11.3. The van der Waals surface area contributed by atoms with Crippen LogP contribution in [0.25, 0.3) is 10.8 Å². The number of benzene rings is 3. The highest BCUT2D eigenvalue weighted by Crippen LogP contribution is 2.54. The van der Waals surface area contributed by atoms with E-state index in [2.05, 4.69) is 60.4 Å². The van der Waals surface area contributed by atoms with Crippen molar-refractivity contribution in [3.05, 3.63) is 83.4 Å². The highest BCUT2D eigenvalue weighted by atomic mass is 16.5. The average molecular weight is 415 g/mol. The summed E-state index contributed by atoms with van der Waals surface area (Å²) in [6.45, 7) is 5.70. The van der Waals surface area contributed by atoms with E-state index in [9.17, 15) is 4.79 Å². The van der Waals surface area contributed by atoms with Gasteiger partial charge in [-0.1, -0.05) is 48.5 Å². The predicted molar refractivity (Wildman–Crippen MR) is 124 cm³/mol. The Bertz CT molecular complexity index is 1100. The normalized spacial score (nSPS) is 25.7. The second-order valence-electron chi connectivity index (χ2n) is 9.02. The Morgan fingerprint density at radius 2 is 1.74 bits per heavy atom. The van der Waals surface area contributed by atoms with Crippen LogP contribution < -0.4 is 5.73 Å². The Balaban J connectivity index is 1.42. The number of likely N-dealkylation sites (tertiary alicyclic amines) is 1. The third-order valence-electron chi connectivity index (χ3n) is 7.24. The molecule has 5 rings (SSSR count). The van der Waals surface area contributed by atoms with Crippen molar-refractivity contribution in [1.29, 1.82) is 0 Å². The Morgan fingerprint density at radius 3 is 2.45 bits per heavy atom. The zero-order valence-electron chi connectivity index (χ0n) is 18.1. The van der Waals surface area contributed by atoms with E-state index in [1.54, 1.807) is 6.07 Å². The maximum absolute atomic E-state index is 11.8. The molecule has 2 atom stereocenters. The summed E-state index contributed by atoms with van der Waals surface area (Å²) in [4.78, 5) is 14.4. The van der Waals surface area contributed by atoms with Crippen molar-refractivity contribution in [1.82, 2.24) is 4.90 Å². The smallest absolute Gasteiger partial charge is 0.248 e. The number of amides is 1. The summed E-state index contributed by atoms with van der Waals surface area (Å²) in [7, 11) is 0. The van der Waals surface area contributed by atoms with Crippen molar-refractivity contribution >= 4 is 16.7 Å². The van der Waals surface area contributed by atoms with Crippen molar-refractivity contribution in [3.8, 4) is 0 Å². The van der Waals surface area contributed by atoms with E-state index < -0.39 is 0 Å². The maximum Gasteiger partial charge on any atom is 0.248 e. The molecule has 1 saturated carbocycles. The zero-order valence-corrected chi connectivity index (χ0v) is 18.1. The van der Waals surface area contributed by atoms with E-state index in [1.165, 1.54) is 16.3 Å². The number of hydrogen-bond acceptors (Lipinski definition) is 3. The van der Waals surface area contributed by atoms with Gasteiger partial charge in [-0.15, -0.1) is 0 Å². The van der Waals surface area contributed by atoms with Crippen LogP contribution in [0.4, 0.5) is 0 Å². The summed E-state index contributed by atoms with van der Waals surface area (Å²) in [6.07, 6.45) is 2.30. The largest absolute Gasteiger partial charge is 0.370 e. The monoisotopic (exact) mass is 414 g/mol. The molecule has 1 aliphatic heterocycles. The number of nitrogens with two attached hydrogens (primary N) is 1. The summed E-state index contributed by atoms with van der Waals surface area (Å²) in [6, 6.07) is 23.1. The number of carbonyl (C=O) groups is 1. The molecule has 160 valence electrons. The lowest BCUT2D eigenvalue weighted by Gasteiger charge is -2.48. The van der Waals surface area contributed by atoms with Crippen LogP contribution in [0.3, 0.4) is 0 Å². The minimum absolute atomic E-state index is 0.319. The number of nitrogens with zero attached hydrogens (tertiary/aromatic N) is 1. The van der Waals surface area contributed by atoms with Gasteiger partial charge in [-0.25, -0.2) is 0 Å². The summed E-state index contributed by atoms with van der Waals surface area (Å²) in [5, 5.41) is 2.58. The van der Waals surface area contributed by atoms with Crippen LogP contribution in [-0.2, 0) is 16.9 Å². The minimum atomic E-state index is -0.380. The molecular formula is C27H30N2O2. The molecule has 2 bridgehead atoms. The Morgan fingerprint density at radius 1 is 1.00 bits per heavy atom. The number of ether oxygens (including phenoxy) is 1. The van der Waals surface area contributed by atoms with Gasteiger partial charge < -0.3 is 10.5 Å². The van der Waals surface area contributed by atoms with Crippen LogP contribution in [0.2, 0.25) is 0 Å². The van der Waals surface area contributed by atoms with Crippen LogP contribution in [0, 0.1) is 11.8 Å². The molecule has 2 fully saturated rings. The second-order valence-corrected chi connectivity index (χ2v) is 9.02. The molecule has 1 aliphatic carbocycles. The first-order chi connectivity index (χ1) is 15.1. The molecule has 0 aromatic heterocycles. The van der Waals surface area contributed by atoms with Crippen molar-refractivity contribution in [3.63, 3.8) is 0 Å². The Hall–Kier alpha value is -2.69. The lowest BCUT2D eigenvalue weighted by molar-refractivity contribution is -0.138. The van der Waals surface area contributed by atoms with Crippen LogP contribution in [0.5, 0.6) is 0 Å². The quantitative estimate of drug-likeness (QED) is 0.635. The van der Waals surface area contributed by atoms with Gasteiger partial charge in [-0.05, 0) is 59.9 Å². The number of carbonyl (C=O) groups excluding carboxylic acids is 1. The highest BCUT2D eigenvalue weighted by molar-refractivity contribution is 5.93. The Kier molecular flexibility index (Phi) is 5.28. The average Bonchev–Trinajstić information content (AvgIpc) is 2.97. The second kappa shape index (κ2) is 8.10. The van der Waals surface area contributed by atoms with Crippen LogP contribution >= 0.6 is 0 Å². The molecule has 3 aromatic carbocycles. The molecule has 0 spiro atoms. The van der Waals surface area contributed by atoms with Crippen molar-refractivity contribution in [2.75, 3.05) is 19.7 Å². The fourth-order valence-corrected chi connectivity index (χ4v) is 5.99. The molecule has 2 unspecified atom stereocenters. The molecule has 4 heteroatoms. The molecule has 3 aromatic rings. The fraction of sp³-hybridized carbons (Fsp3) is 0.370. The van der Waals surface area contributed by atoms with Gasteiger partial charge in [0.1, 0.15) is 5.60 Å². The van der Waals surface area contributed by atoms with E-state index in [-0.39, 0.29) is 11.5 Å². The SMILES string of the molecule is CCOC1(c2cccc(C(N)=O)c2)C2CCC1CN(Cc1ccc3ccccc3c1)C2. The molecule has 1 amide bonds. The fourth-order valence-electron chi connectivity index (χ4n) is 5.99. The van der Waals surface area contributed by atoms with Crippen molar-refractivity contribution in [2.24, 2.45) is 17.6 Å². The first-order valence-corrected chi connectivity index (χ1v) is 11.3. The van der Waals surface area contributed by atoms with E-state index in [0.29, 0.717) is 24.0 Å². The van der Waals surface area contributed by atoms with Crippen molar-refractivity contribution in [2.45, 2.75) is 31.9 Å². The zero-order chi connectivity index (χ0) is 21.4. The molecule has 31 heavy (non-hydrogen) atoms. The van der Waals surface area contributed by atoms with Gasteiger partial charge >= 0.3 is 0 Å². The maximum atomic E-state index is 11.8. The van der Waals surface area contributed by atoms with E-state index in [1.807, 2.05) is 12.1 Å². The van der Waals surface area contributed by atoms with Gasteiger partial charge in [0.15, 0.2) is 0 Å². The van der Waals surface area contributed by atoms with Crippen LogP contribution in [0.15, 0.2) is 66.7 Å². The van der Waals surface area contributed by atoms with E-state index in [4.69, 9.17) is 10.5 Å². The summed E-state index contributed by atoms with van der Waals surface area (Å²) in [5.74, 6) is 0.444. The summed E-state index contributed by atoms with van der Waals surface area (Å²) in [5.41, 5.74) is 8.29. The van der Waals surface area contributed by atoms with E-state index in [0.717, 1.165) is 38.0 Å². The highest BCUT2D eigenvalue weighted by Gasteiger charge is 2.55. The molecule has 4 nitrogen and oxygen atoms in total. The van der Waals surface area contributed by atoms with Gasteiger partial charge in [-0.2, -0.15) is 0 Å². The number of hydrogen-bond donors (Lipinski definition) is 1. The number of rotatable bonds is 6. The lowest BCUT2D eigenvalue weighted by Crippen LogP contribution is -2.53. The standard InChI is InChI=1S/C27H30N2O2/c1-2-31-27(23-9-5-8-22(15-23)26(28)30)24-12-13-25(27)18-29(17-24)16-19-10-11-20-6-3-4-7-21(20)14-19/h3-11,14-15,24-25H,2,12-13,16-18H2,1H3,(H2,28,30). The first kappa shape index (κ1) is 20.2. The number of fused-ring (bicyclic) bond motifs is 3. The summed E-state index contributed by atoms with van der Waals surface area (Å²) >= 11 is 0. The third-order valence-corrected chi connectivity index (χ3v) is 7.24. The van der Waals surface area contributed by atoms with Gasteiger partial charge in [-0.3, -0.25) is 9.69 Å². The predicted octanol–water partition coefficient (Wildman–Crippen LogP) is 4.71. The van der Waals surface area contributed by atoms with Gasteiger partial charge in [0, 0.05) is 43.6 Å². The molecule has 0 radical (unpaired) electrons. The minimum Gasteiger partial charge on any atom is -0.370 e. The molecular weight excluding hydrogens is 384 g/mol. The molecule has 2 N–H and O–H groups in total. The van der Waals surface area contributed by atoms with Crippen molar-refractivity contribution < 1.29 is 9.53 Å². The third kappa shape index (κ3) is 3.54. The van der Waals surface area contributed by atoms with Crippen LogP contribution in [0.1, 0.15) is 41.3 Å². The lowest BCUT2D eigenvalue weighted by atomic mass is 9.74.